The van der Waals surface area contributed by atoms with Crippen LogP contribution in [0.15, 0.2) is 21.8 Å². The molecule has 1 unspecified atom stereocenters. The zero-order valence-corrected chi connectivity index (χ0v) is 15.7. The quantitative estimate of drug-likeness (QED) is 0.463. The molecule has 2 fully saturated rings. The van der Waals surface area contributed by atoms with Crippen molar-refractivity contribution < 1.29 is 4.74 Å². The van der Waals surface area contributed by atoms with Gasteiger partial charge in [0.2, 0.25) is 0 Å². The Labute approximate surface area is 148 Å². The molecule has 3 rings (SSSR count). The smallest absolute Gasteiger partial charge is 0.193 e. The number of rotatable bonds is 3. The predicted octanol–water partition coefficient (Wildman–Crippen LogP) is 2.60. The minimum Gasteiger partial charge on any atom is -0.381 e. The van der Waals surface area contributed by atoms with Crippen molar-refractivity contribution in [2.75, 3.05) is 39.9 Å². The molecule has 118 valence electrons. The molecule has 1 aromatic heterocycles. The first-order valence-corrected chi connectivity index (χ1v) is 8.30. The van der Waals surface area contributed by atoms with E-state index in [1.807, 2.05) is 7.05 Å². The summed E-state index contributed by atoms with van der Waals surface area (Å²) in [6.07, 6.45) is 3.50. The number of guanidine groups is 1. The SMILES string of the molecule is CN=C(NCCc1ccsc1)N1CCC2(CCOC2)C1.I. The highest BCUT2D eigenvalue weighted by atomic mass is 127. The molecule has 21 heavy (non-hydrogen) atoms. The highest BCUT2D eigenvalue weighted by Crippen LogP contribution is 2.38. The zero-order chi connectivity index (χ0) is 13.8. The van der Waals surface area contributed by atoms with Crippen LogP contribution in [0.2, 0.25) is 0 Å². The summed E-state index contributed by atoms with van der Waals surface area (Å²) in [5.74, 6) is 1.05. The van der Waals surface area contributed by atoms with Crippen LogP contribution >= 0.6 is 35.3 Å². The van der Waals surface area contributed by atoms with E-state index >= 15 is 0 Å². The van der Waals surface area contributed by atoms with E-state index in [0.29, 0.717) is 5.41 Å². The monoisotopic (exact) mass is 421 g/mol. The molecule has 1 N–H and O–H groups in total. The van der Waals surface area contributed by atoms with Gasteiger partial charge in [-0.3, -0.25) is 4.99 Å². The molecule has 1 atom stereocenters. The number of aliphatic imine (C=N–C) groups is 1. The van der Waals surface area contributed by atoms with Gasteiger partial charge in [0.25, 0.3) is 0 Å². The summed E-state index contributed by atoms with van der Waals surface area (Å²) in [7, 11) is 1.88. The van der Waals surface area contributed by atoms with Gasteiger partial charge in [-0.1, -0.05) is 0 Å². The van der Waals surface area contributed by atoms with Gasteiger partial charge >= 0.3 is 0 Å². The van der Waals surface area contributed by atoms with E-state index in [1.54, 1.807) is 11.3 Å². The molecule has 0 aliphatic carbocycles. The lowest BCUT2D eigenvalue weighted by atomic mass is 9.87. The van der Waals surface area contributed by atoms with Crippen molar-refractivity contribution in [1.29, 1.82) is 0 Å². The van der Waals surface area contributed by atoms with Gasteiger partial charge < -0.3 is 15.0 Å². The average Bonchev–Trinajstić information content (AvgIpc) is 3.19. The number of ether oxygens (including phenoxy) is 1. The molecule has 0 radical (unpaired) electrons. The van der Waals surface area contributed by atoms with Crippen LogP contribution < -0.4 is 5.32 Å². The first-order chi connectivity index (χ1) is 9.81. The van der Waals surface area contributed by atoms with Crippen molar-refractivity contribution in [1.82, 2.24) is 10.2 Å². The van der Waals surface area contributed by atoms with Crippen LogP contribution in [-0.4, -0.2) is 50.8 Å². The third-order valence-corrected chi connectivity index (χ3v) is 5.14. The topological polar surface area (TPSA) is 36.9 Å². The van der Waals surface area contributed by atoms with Crippen LogP contribution in [0, 0.1) is 5.41 Å². The summed E-state index contributed by atoms with van der Waals surface area (Å²) in [6.45, 7) is 4.99. The van der Waals surface area contributed by atoms with Gasteiger partial charge in [-0.15, -0.1) is 24.0 Å². The van der Waals surface area contributed by atoms with E-state index in [2.05, 4.69) is 32.0 Å². The summed E-state index contributed by atoms with van der Waals surface area (Å²) >= 11 is 1.76. The van der Waals surface area contributed by atoms with E-state index in [4.69, 9.17) is 4.74 Å². The number of hydrogen-bond acceptors (Lipinski definition) is 3. The Morgan fingerprint density at radius 1 is 1.52 bits per heavy atom. The summed E-state index contributed by atoms with van der Waals surface area (Å²) in [6, 6.07) is 2.19. The normalized spacial score (nSPS) is 25.4. The molecule has 0 bridgehead atoms. The second kappa shape index (κ2) is 7.78. The highest BCUT2D eigenvalue weighted by molar-refractivity contribution is 14.0. The fraction of sp³-hybridized carbons (Fsp3) is 0.667. The van der Waals surface area contributed by atoms with E-state index in [-0.39, 0.29) is 24.0 Å². The molecular formula is C15H24IN3OS. The number of thiophene rings is 1. The van der Waals surface area contributed by atoms with Gasteiger partial charge in [-0.05, 0) is 41.7 Å². The third kappa shape index (κ3) is 4.10. The third-order valence-electron chi connectivity index (χ3n) is 4.41. The van der Waals surface area contributed by atoms with E-state index < -0.39 is 0 Å². The molecule has 2 aliphatic heterocycles. The number of nitrogens with one attached hydrogen (secondary N) is 1. The van der Waals surface area contributed by atoms with Gasteiger partial charge in [0.15, 0.2) is 5.96 Å². The Morgan fingerprint density at radius 3 is 3.10 bits per heavy atom. The number of halogens is 1. The molecular weight excluding hydrogens is 397 g/mol. The molecule has 1 aromatic rings. The molecule has 2 aliphatic rings. The number of hydrogen-bond donors (Lipinski definition) is 1. The molecule has 0 saturated carbocycles. The molecule has 3 heterocycles. The fourth-order valence-electron chi connectivity index (χ4n) is 3.17. The lowest BCUT2D eigenvalue weighted by Crippen LogP contribution is -2.42. The summed E-state index contributed by atoms with van der Waals surface area (Å²) in [4.78, 5) is 6.83. The second-order valence-electron chi connectivity index (χ2n) is 5.83. The first-order valence-electron chi connectivity index (χ1n) is 7.36. The Balaban J connectivity index is 0.00000161. The van der Waals surface area contributed by atoms with Gasteiger partial charge in [0, 0.05) is 38.7 Å². The van der Waals surface area contributed by atoms with Crippen molar-refractivity contribution in [2.45, 2.75) is 19.3 Å². The summed E-state index contributed by atoms with van der Waals surface area (Å²) in [5, 5.41) is 7.84. The molecule has 2 saturated heterocycles. The van der Waals surface area contributed by atoms with Crippen molar-refractivity contribution in [3.8, 4) is 0 Å². The van der Waals surface area contributed by atoms with E-state index in [1.165, 1.54) is 18.4 Å². The van der Waals surface area contributed by atoms with Crippen LogP contribution in [0.1, 0.15) is 18.4 Å². The highest BCUT2D eigenvalue weighted by Gasteiger charge is 2.42. The van der Waals surface area contributed by atoms with Crippen LogP contribution in [0.5, 0.6) is 0 Å². The maximum Gasteiger partial charge on any atom is 0.193 e. The van der Waals surface area contributed by atoms with Crippen LogP contribution in [-0.2, 0) is 11.2 Å². The number of likely N-dealkylation sites (tertiary alicyclic amines) is 1. The molecule has 0 aromatic carbocycles. The van der Waals surface area contributed by atoms with Crippen LogP contribution in [0.25, 0.3) is 0 Å². The van der Waals surface area contributed by atoms with E-state index in [0.717, 1.165) is 45.2 Å². The Morgan fingerprint density at radius 2 is 2.43 bits per heavy atom. The minimum absolute atomic E-state index is 0. The molecule has 4 nitrogen and oxygen atoms in total. The van der Waals surface area contributed by atoms with Crippen molar-refractivity contribution in [3.63, 3.8) is 0 Å². The average molecular weight is 421 g/mol. The lowest BCUT2D eigenvalue weighted by molar-refractivity contribution is 0.156. The predicted molar refractivity (Wildman–Crippen MR) is 98.9 cm³/mol. The largest absolute Gasteiger partial charge is 0.381 e. The standard InChI is InChI=1S/C15H23N3OS.HI/c1-16-14(17-6-2-13-3-9-20-10-13)18-7-4-15(11-18)5-8-19-12-15;/h3,9-10H,2,4-8,11-12H2,1H3,(H,16,17);1H. The van der Waals surface area contributed by atoms with Gasteiger partial charge in [0.1, 0.15) is 0 Å². The zero-order valence-electron chi connectivity index (χ0n) is 12.5. The Hall–Kier alpha value is -0.340. The van der Waals surface area contributed by atoms with Crippen molar-refractivity contribution in [2.24, 2.45) is 10.4 Å². The van der Waals surface area contributed by atoms with Gasteiger partial charge in [0.05, 0.1) is 6.61 Å². The molecule has 0 amide bonds. The maximum absolute atomic E-state index is 5.59. The lowest BCUT2D eigenvalue weighted by Gasteiger charge is -2.24. The van der Waals surface area contributed by atoms with Crippen LogP contribution in [0.3, 0.4) is 0 Å². The minimum atomic E-state index is 0. The first kappa shape index (κ1) is 17.0. The Kier molecular flexibility index (Phi) is 6.31. The second-order valence-corrected chi connectivity index (χ2v) is 6.61. The number of nitrogens with zero attached hydrogens (tertiary/aromatic N) is 2. The van der Waals surface area contributed by atoms with Crippen molar-refractivity contribution in [3.05, 3.63) is 22.4 Å². The van der Waals surface area contributed by atoms with Gasteiger partial charge in [-0.25, -0.2) is 0 Å². The Bertz CT molecular complexity index is 457. The van der Waals surface area contributed by atoms with Crippen LogP contribution in [0.4, 0.5) is 0 Å². The van der Waals surface area contributed by atoms with E-state index in [9.17, 15) is 0 Å². The molecule has 1 spiro atoms. The summed E-state index contributed by atoms with van der Waals surface area (Å²) in [5.41, 5.74) is 1.80. The van der Waals surface area contributed by atoms with Crippen molar-refractivity contribution >= 4 is 41.3 Å². The fourth-order valence-corrected chi connectivity index (χ4v) is 3.88. The summed E-state index contributed by atoms with van der Waals surface area (Å²) < 4.78 is 5.59. The molecule has 6 heteroatoms. The van der Waals surface area contributed by atoms with Gasteiger partial charge in [-0.2, -0.15) is 11.3 Å². The maximum atomic E-state index is 5.59.